The van der Waals surface area contributed by atoms with E-state index in [-0.39, 0.29) is 105 Å². The summed E-state index contributed by atoms with van der Waals surface area (Å²) in [4.78, 5) is 85.7. The highest BCUT2D eigenvalue weighted by Gasteiger charge is 2.27. The van der Waals surface area contributed by atoms with Crippen LogP contribution in [0.2, 0.25) is 0 Å². The molecule has 0 aliphatic carbocycles. The van der Waals surface area contributed by atoms with E-state index in [2.05, 4.69) is 26.6 Å². The molecule has 13 N–H and O–H groups in total. The molecule has 21 heteroatoms. The van der Waals surface area contributed by atoms with Gasteiger partial charge < -0.3 is 63.5 Å². The molecule has 1 aromatic heterocycles. The number of nitrogens with one attached hydrogen (secondary N) is 5. The molecule has 0 bridgehead atoms. The number of primary amides is 2. The molecule has 0 aromatic carbocycles. The van der Waals surface area contributed by atoms with Gasteiger partial charge in [0.1, 0.15) is 18.1 Å². The minimum absolute atomic E-state index is 0.0148. The highest BCUT2D eigenvalue weighted by molar-refractivity contribution is 7.99. The molecule has 1 aromatic rings. The number of hydrogen-bond donors (Lipinski definition) is 10. The Morgan fingerprint density at radius 1 is 0.732 bits per heavy atom. The topological polar surface area (TPSA) is 322 Å². The molecule has 7 amide bonds. The van der Waals surface area contributed by atoms with Crippen LogP contribution in [0.3, 0.4) is 0 Å². The van der Waals surface area contributed by atoms with E-state index in [4.69, 9.17) is 26.7 Å². The van der Waals surface area contributed by atoms with Crippen molar-refractivity contribution in [3.8, 4) is 11.8 Å². The molecule has 0 aliphatic rings. The lowest BCUT2D eigenvalue weighted by Gasteiger charge is -2.22. The van der Waals surface area contributed by atoms with Gasteiger partial charge in [-0.2, -0.15) is 0 Å². The summed E-state index contributed by atoms with van der Waals surface area (Å²) in [5.41, 5.74) is 16.2. The number of nitrogens with zero attached hydrogens (tertiary/aromatic N) is 1. The van der Waals surface area contributed by atoms with E-state index in [0.29, 0.717) is 45.2 Å². The quantitative estimate of drug-likeness (QED) is 0.0295. The maximum absolute atomic E-state index is 13.4. The predicted molar refractivity (Wildman–Crippen MR) is 207 cm³/mol. The van der Waals surface area contributed by atoms with Crippen LogP contribution in [0, 0.1) is 0 Å². The zero-order chi connectivity index (χ0) is 41.9. The highest BCUT2D eigenvalue weighted by atomic mass is 32.2. The first-order valence-electron chi connectivity index (χ1n) is 18.8. The SMILES string of the molecule is CCC(=O)NCCCCC(NC(=O)CCOCCOCCNC(=O)C(CCCCN)NC(=O)CC)C(=O)NC(CSc1cc(O)n(CCC(N)=O)c1O)C(N)=O. The largest absolute Gasteiger partial charge is 0.494 e. The van der Waals surface area contributed by atoms with Gasteiger partial charge in [-0.1, -0.05) is 13.8 Å². The van der Waals surface area contributed by atoms with Gasteiger partial charge in [0.15, 0.2) is 5.88 Å². The summed E-state index contributed by atoms with van der Waals surface area (Å²) in [7, 11) is 0. The van der Waals surface area contributed by atoms with Gasteiger partial charge in [-0.15, -0.1) is 11.8 Å². The highest BCUT2D eigenvalue weighted by Crippen LogP contribution is 2.35. The van der Waals surface area contributed by atoms with Crippen LogP contribution in [-0.2, 0) is 49.6 Å². The molecule has 20 nitrogen and oxygen atoms in total. The predicted octanol–water partition coefficient (Wildman–Crippen LogP) is -1.42. The molecule has 0 radical (unpaired) electrons. The van der Waals surface area contributed by atoms with Crippen molar-refractivity contribution in [1.29, 1.82) is 0 Å². The fourth-order valence-corrected chi connectivity index (χ4v) is 5.99. The van der Waals surface area contributed by atoms with Gasteiger partial charge in [-0.05, 0) is 45.1 Å². The molecular weight excluding hydrogens is 755 g/mol. The number of carbonyl (C=O) groups excluding carboxylic acids is 7. The molecular formula is C35H61N9O11S. The van der Waals surface area contributed by atoms with Crippen LogP contribution in [0.25, 0.3) is 0 Å². The summed E-state index contributed by atoms with van der Waals surface area (Å²) in [6.45, 7) is 5.00. The number of thioether (sulfide) groups is 1. The minimum atomic E-state index is -1.23. The maximum Gasteiger partial charge on any atom is 0.243 e. The molecule has 1 rings (SSSR count). The van der Waals surface area contributed by atoms with Crippen LogP contribution in [-0.4, -0.2) is 126 Å². The van der Waals surface area contributed by atoms with Crippen LogP contribution in [0.5, 0.6) is 11.8 Å². The van der Waals surface area contributed by atoms with Crippen molar-refractivity contribution >= 4 is 53.1 Å². The first-order chi connectivity index (χ1) is 26.7. The first-order valence-corrected chi connectivity index (χ1v) is 19.8. The Morgan fingerprint density at radius 3 is 1.98 bits per heavy atom. The molecule has 0 saturated heterocycles. The van der Waals surface area contributed by atoms with E-state index >= 15 is 0 Å². The average Bonchev–Trinajstić information content (AvgIpc) is 3.43. The average molecular weight is 816 g/mol. The summed E-state index contributed by atoms with van der Waals surface area (Å²) in [5.74, 6) is -4.15. The molecule has 318 valence electrons. The lowest BCUT2D eigenvalue weighted by molar-refractivity contribution is -0.131. The summed E-state index contributed by atoms with van der Waals surface area (Å²) in [5, 5.41) is 34.1. The van der Waals surface area contributed by atoms with Crippen molar-refractivity contribution in [3.05, 3.63) is 6.07 Å². The number of nitrogens with two attached hydrogens (primary N) is 3. The van der Waals surface area contributed by atoms with Crippen LogP contribution in [0.15, 0.2) is 11.0 Å². The van der Waals surface area contributed by atoms with Crippen LogP contribution >= 0.6 is 11.8 Å². The normalized spacial score (nSPS) is 12.6. The monoisotopic (exact) mass is 815 g/mol. The third kappa shape index (κ3) is 20.9. The van der Waals surface area contributed by atoms with Crippen molar-refractivity contribution < 1.29 is 53.2 Å². The lowest BCUT2D eigenvalue weighted by Crippen LogP contribution is -2.53. The van der Waals surface area contributed by atoms with Gasteiger partial charge in [0.05, 0.1) is 31.3 Å². The third-order valence-corrected chi connectivity index (χ3v) is 9.30. The molecule has 3 unspecified atom stereocenters. The number of amides is 7. The standard InChI is InChI=1S/C35H61N9O11S/c1-3-28(46)39-14-8-6-10-24(34(52)43-25(32(38)50)22-56-26-21-31(49)44(35(26)53)16-11-27(37)45)42-30(48)12-17-54-19-20-55-18-15-40-33(51)23(9-5-7-13-36)41-29(47)4-2/h21,23-25,49,53H,3-20,22,36H2,1-2H3,(H2,37,45)(H2,38,50)(H,39,46)(H,40,51)(H,41,47)(H,42,48)(H,43,52). The van der Waals surface area contributed by atoms with Gasteiger partial charge >= 0.3 is 0 Å². The Bertz CT molecular complexity index is 1410. The second kappa shape index (κ2) is 28.8. The Kier molecular flexibility index (Phi) is 25.4. The van der Waals surface area contributed by atoms with Gasteiger partial charge in [-0.3, -0.25) is 38.1 Å². The van der Waals surface area contributed by atoms with E-state index in [1.165, 1.54) is 6.07 Å². The molecule has 3 atom stereocenters. The number of aromatic hydroxyl groups is 2. The first kappa shape index (κ1) is 49.4. The molecule has 0 aliphatic heterocycles. The van der Waals surface area contributed by atoms with Crippen LogP contribution in [0.1, 0.15) is 78.1 Å². The van der Waals surface area contributed by atoms with Gasteiger partial charge in [0.25, 0.3) is 0 Å². The van der Waals surface area contributed by atoms with E-state index < -0.39 is 41.8 Å². The van der Waals surface area contributed by atoms with Gasteiger partial charge in [0, 0.05) is 57.1 Å². The van der Waals surface area contributed by atoms with Gasteiger partial charge in [0.2, 0.25) is 47.2 Å². The molecule has 1 heterocycles. The number of rotatable bonds is 32. The van der Waals surface area contributed by atoms with E-state index in [1.54, 1.807) is 13.8 Å². The number of carbonyl (C=O) groups is 7. The molecule has 0 spiro atoms. The van der Waals surface area contributed by atoms with Crippen molar-refractivity contribution in [3.63, 3.8) is 0 Å². The van der Waals surface area contributed by atoms with Crippen LogP contribution in [0.4, 0.5) is 0 Å². The second-order valence-corrected chi connectivity index (χ2v) is 13.7. The molecule has 0 fully saturated rings. The third-order valence-electron chi connectivity index (χ3n) is 8.19. The van der Waals surface area contributed by atoms with E-state index in [9.17, 15) is 43.8 Å². The Hall–Kier alpha value is -4.60. The van der Waals surface area contributed by atoms with E-state index in [1.807, 2.05) is 0 Å². The number of unbranched alkanes of at least 4 members (excludes halogenated alkanes) is 2. The Morgan fingerprint density at radius 2 is 1.36 bits per heavy atom. The summed E-state index contributed by atoms with van der Waals surface area (Å²) in [6, 6.07) is -1.70. The maximum atomic E-state index is 13.4. The lowest BCUT2D eigenvalue weighted by atomic mass is 10.1. The molecule has 56 heavy (non-hydrogen) atoms. The van der Waals surface area contributed by atoms with E-state index in [0.717, 1.165) is 22.7 Å². The number of hydrogen-bond acceptors (Lipinski definition) is 13. The Labute approximate surface area is 331 Å². The van der Waals surface area contributed by atoms with Crippen molar-refractivity contribution in [2.75, 3.05) is 51.8 Å². The van der Waals surface area contributed by atoms with Crippen molar-refractivity contribution in [2.45, 2.75) is 108 Å². The summed E-state index contributed by atoms with van der Waals surface area (Å²) >= 11 is 0.927. The summed E-state index contributed by atoms with van der Waals surface area (Å²) < 4.78 is 12.0. The van der Waals surface area contributed by atoms with Crippen molar-refractivity contribution in [1.82, 2.24) is 31.2 Å². The smallest absolute Gasteiger partial charge is 0.243 e. The number of ether oxygens (including phenoxy) is 2. The zero-order valence-corrected chi connectivity index (χ0v) is 33.2. The van der Waals surface area contributed by atoms with Gasteiger partial charge in [-0.25, -0.2) is 0 Å². The fourth-order valence-electron chi connectivity index (χ4n) is 4.97. The summed E-state index contributed by atoms with van der Waals surface area (Å²) in [6.07, 6.45) is 3.43. The number of aromatic nitrogens is 1. The fraction of sp³-hybridized carbons (Fsp3) is 0.686. The Balaban J connectivity index is 2.63. The zero-order valence-electron chi connectivity index (χ0n) is 32.4. The molecule has 0 saturated carbocycles. The second-order valence-electron chi connectivity index (χ2n) is 12.7. The minimum Gasteiger partial charge on any atom is -0.494 e. The van der Waals surface area contributed by atoms with Crippen LogP contribution < -0.4 is 43.8 Å². The van der Waals surface area contributed by atoms with Crippen molar-refractivity contribution in [2.24, 2.45) is 17.2 Å².